The predicted octanol–water partition coefficient (Wildman–Crippen LogP) is 4.99. The lowest BCUT2D eigenvalue weighted by atomic mass is 9.77. The largest absolute Gasteiger partial charge is 0.494 e. The van der Waals surface area contributed by atoms with Crippen LogP contribution in [0.3, 0.4) is 0 Å². The molecule has 1 aromatic heterocycles. The summed E-state index contributed by atoms with van der Waals surface area (Å²) in [5, 5.41) is 0. The SMILES string of the molecule is O=C(CCCOc1ccccc1)N1CCC2(CC1)CCN(C(=O)c1ccc(C#Cc3ccccc3)o1)C2. The molecular weight excluding hydrogens is 464 g/mol. The van der Waals surface area contributed by atoms with E-state index in [-0.39, 0.29) is 17.2 Å². The van der Waals surface area contributed by atoms with Gasteiger partial charge in [0, 0.05) is 38.2 Å². The molecule has 0 N–H and O–H groups in total. The maximum absolute atomic E-state index is 13.1. The van der Waals surface area contributed by atoms with Gasteiger partial charge in [-0.1, -0.05) is 42.3 Å². The van der Waals surface area contributed by atoms with Crippen molar-refractivity contribution in [3.63, 3.8) is 0 Å². The molecule has 0 bridgehead atoms. The summed E-state index contributed by atoms with van der Waals surface area (Å²) >= 11 is 0. The topological polar surface area (TPSA) is 63.0 Å². The van der Waals surface area contributed by atoms with Crippen LogP contribution in [0.25, 0.3) is 0 Å². The van der Waals surface area contributed by atoms with Crippen molar-refractivity contribution < 1.29 is 18.7 Å². The van der Waals surface area contributed by atoms with Gasteiger partial charge in [-0.2, -0.15) is 0 Å². The number of piperidine rings is 1. The summed E-state index contributed by atoms with van der Waals surface area (Å²) in [6.45, 7) is 3.47. The number of benzene rings is 2. The number of ether oxygens (including phenoxy) is 1. The normalized spacial score (nSPS) is 16.3. The van der Waals surface area contributed by atoms with E-state index >= 15 is 0 Å². The van der Waals surface area contributed by atoms with Gasteiger partial charge in [-0.05, 0) is 73.4 Å². The summed E-state index contributed by atoms with van der Waals surface area (Å²) in [4.78, 5) is 29.7. The molecule has 37 heavy (non-hydrogen) atoms. The molecule has 0 saturated carbocycles. The molecule has 2 aliphatic heterocycles. The van der Waals surface area contributed by atoms with Crippen molar-refractivity contribution in [1.29, 1.82) is 0 Å². The maximum Gasteiger partial charge on any atom is 0.289 e. The number of furan rings is 1. The molecule has 3 aromatic rings. The van der Waals surface area contributed by atoms with E-state index < -0.39 is 0 Å². The highest BCUT2D eigenvalue weighted by Gasteiger charge is 2.43. The second-order valence-corrected chi connectivity index (χ2v) is 9.90. The zero-order valence-electron chi connectivity index (χ0n) is 21.0. The smallest absolute Gasteiger partial charge is 0.289 e. The van der Waals surface area contributed by atoms with Crippen molar-refractivity contribution >= 4 is 11.8 Å². The minimum atomic E-state index is -0.0819. The third-order valence-electron chi connectivity index (χ3n) is 7.37. The Morgan fingerprint density at radius 1 is 0.838 bits per heavy atom. The molecule has 0 aliphatic carbocycles. The summed E-state index contributed by atoms with van der Waals surface area (Å²) in [6, 6.07) is 22.8. The second-order valence-electron chi connectivity index (χ2n) is 9.90. The van der Waals surface area contributed by atoms with Gasteiger partial charge in [0.15, 0.2) is 11.5 Å². The Balaban J connectivity index is 1.07. The summed E-state index contributed by atoms with van der Waals surface area (Å²) in [5.74, 6) is 7.82. The lowest BCUT2D eigenvalue weighted by molar-refractivity contribution is -0.133. The zero-order chi connectivity index (χ0) is 25.5. The first-order chi connectivity index (χ1) is 18.1. The summed E-state index contributed by atoms with van der Waals surface area (Å²) in [6.07, 6.45) is 4.02. The first-order valence-electron chi connectivity index (χ1n) is 13.0. The Morgan fingerprint density at radius 2 is 1.51 bits per heavy atom. The van der Waals surface area contributed by atoms with Gasteiger partial charge >= 0.3 is 0 Å². The summed E-state index contributed by atoms with van der Waals surface area (Å²) < 4.78 is 11.5. The van der Waals surface area contributed by atoms with Crippen LogP contribution in [0.1, 0.15) is 54.0 Å². The van der Waals surface area contributed by atoms with Crippen molar-refractivity contribution in [2.75, 3.05) is 32.8 Å². The number of hydrogen-bond donors (Lipinski definition) is 0. The minimum Gasteiger partial charge on any atom is -0.494 e. The monoisotopic (exact) mass is 496 g/mol. The van der Waals surface area contributed by atoms with Gasteiger partial charge in [0.1, 0.15) is 5.75 Å². The molecule has 6 nitrogen and oxygen atoms in total. The summed E-state index contributed by atoms with van der Waals surface area (Å²) in [7, 11) is 0. The van der Waals surface area contributed by atoms with Crippen LogP contribution in [0.4, 0.5) is 0 Å². The molecule has 3 heterocycles. The Kier molecular flexibility index (Phi) is 7.60. The first-order valence-corrected chi connectivity index (χ1v) is 13.0. The predicted molar refractivity (Wildman–Crippen MR) is 141 cm³/mol. The molecular formula is C31H32N2O4. The van der Waals surface area contributed by atoms with Crippen molar-refractivity contribution in [1.82, 2.24) is 9.80 Å². The molecule has 2 aromatic carbocycles. The van der Waals surface area contributed by atoms with Gasteiger partial charge < -0.3 is 19.0 Å². The molecule has 0 unspecified atom stereocenters. The first kappa shape index (κ1) is 24.7. The molecule has 0 radical (unpaired) electrons. The average Bonchev–Trinajstić information content (AvgIpc) is 3.59. The number of likely N-dealkylation sites (tertiary alicyclic amines) is 2. The molecule has 6 heteroatoms. The van der Waals surface area contributed by atoms with Crippen LogP contribution in [-0.4, -0.2) is 54.4 Å². The van der Waals surface area contributed by atoms with E-state index in [0.717, 1.165) is 50.2 Å². The van der Waals surface area contributed by atoms with Crippen LogP contribution in [-0.2, 0) is 4.79 Å². The number of nitrogens with zero attached hydrogens (tertiary/aromatic N) is 2. The van der Waals surface area contributed by atoms with Gasteiger partial charge in [-0.25, -0.2) is 0 Å². The van der Waals surface area contributed by atoms with Crippen molar-refractivity contribution in [2.24, 2.45) is 5.41 Å². The molecule has 5 rings (SSSR count). The molecule has 2 aliphatic rings. The molecule has 2 saturated heterocycles. The van der Waals surface area contributed by atoms with E-state index in [1.165, 1.54) is 0 Å². The Bertz CT molecular complexity index is 1260. The number of carbonyl (C=O) groups excluding carboxylic acids is 2. The quantitative estimate of drug-likeness (QED) is 0.356. The van der Waals surface area contributed by atoms with Gasteiger partial charge in [-0.3, -0.25) is 9.59 Å². The van der Waals surface area contributed by atoms with Gasteiger partial charge in [0.25, 0.3) is 5.91 Å². The van der Waals surface area contributed by atoms with E-state index in [0.29, 0.717) is 37.5 Å². The molecule has 2 fully saturated rings. The van der Waals surface area contributed by atoms with Gasteiger partial charge in [-0.15, -0.1) is 0 Å². The fraction of sp³-hybridized carbons (Fsp3) is 0.355. The Morgan fingerprint density at radius 3 is 2.24 bits per heavy atom. The van der Waals surface area contributed by atoms with Gasteiger partial charge in [0.05, 0.1) is 6.61 Å². The van der Waals surface area contributed by atoms with Crippen LogP contribution in [0, 0.1) is 17.3 Å². The highest BCUT2D eigenvalue weighted by molar-refractivity contribution is 5.92. The van der Waals surface area contributed by atoms with Crippen LogP contribution >= 0.6 is 0 Å². The Labute approximate surface area is 218 Å². The fourth-order valence-electron chi connectivity index (χ4n) is 5.17. The van der Waals surface area contributed by atoms with E-state index in [9.17, 15) is 9.59 Å². The van der Waals surface area contributed by atoms with Crippen LogP contribution in [0.5, 0.6) is 5.75 Å². The standard InChI is InChI=1S/C31H32N2O4/c34-29(12-7-23-36-26-10-5-2-6-11-26)32-20-17-31(18-21-32)19-22-33(24-31)30(35)28-16-15-27(37-28)14-13-25-8-3-1-4-9-25/h1-6,8-11,15-16H,7,12,17-24H2. The molecule has 2 amide bonds. The molecule has 190 valence electrons. The molecule has 0 atom stereocenters. The number of carbonyl (C=O) groups is 2. The van der Waals surface area contributed by atoms with Crippen LogP contribution in [0.2, 0.25) is 0 Å². The average molecular weight is 497 g/mol. The number of amides is 2. The highest BCUT2D eigenvalue weighted by Crippen LogP contribution is 2.41. The minimum absolute atomic E-state index is 0.0819. The zero-order valence-corrected chi connectivity index (χ0v) is 21.0. The Hall–Kier alpha value is -3.98. The number of rotatable bonds is 6. The van der Waals surface area contributed by atoms with Crippen molar-refractivity contribution in [3.8, 4) is 17.6 Å². The van der Waals surface area contributed by atoms with E-state index in [4.69, 9.17) is 9.15 Å². The third-order valence-corrected chi connectivity index (χ3v) is 7.37. The number of hydrogen-bond acceptors (Lipinski definition) is 4. The van der Waals surface area contributed by atoms with E-state index in [1.807, 2.05) is 70.5 Å². The van der Waals surface area contributed by atoms with E-state index in [1.54, 1.807) is 12.1 Å². The molecule has 1 spiro atoms. The van der Waals surface area contributed by atoms with Gasteiger partial charge in [0.2, 0.25) is 5.91 Å². The second kappa shape index (κ2) is 11.4. The lowest BCUT2D eigenvalue weighted by Gasteiger charge is -2.39. The highest BCUT2D eigenvalue weighted by atomic mass is 16.5. The lowest BCUT2D eigenvalue weighted by Crippen LogP contribution is -2.44. The maximum atomic E-state index is 13.1. The third kappa shape index (κ3) is 6.24. The van der Waals surface area contributed by atoms with Crippen molar-refractivity contribution in [3.05, 3.63) is 89.9 Å². The van der Waals surface area contributed by atoms with E-state index in [2.05, 4.69) is 11.8 Å². The van der Waals surface area contributed by atoms with Crippen LogP contribution < -0.4 is 4.74 Å². The van der Waals surface area contributed by atoms with Crippen LogP contribution in [0.15, 0.2) is 77.2 Å². The number of para-hydroxylation sites is 1. The summed E-state index contributed by atoms with van der Waals surface area (Å²) in [5.41, 5.74) is 0.990. The van der Waals surface area contributed by atoms with Crippen molar-refractivity contribution in [2.45, 2.75) is 32.1 Å². The fourth-order valence-corrected chi connectivity index (χ4v) is 5.17.